The van der Waals surface area contributed by atoms with E-state index in [1.165, 1.54) is 17.0 Å². The monoisotopic (exact) mass is 380 g/mol. The molecule has 1 heterocycles. The van der Waals surface area contributed by atoms with Gasteiger partial charge >= 0.3 is 12.1 Å². The summed E-state index contributed by atoms with van der Waals surface area (Å²) in [5.74, 6) is -1.46. The Bertz CT molecular complexity index is 750. The molecular formula is C15H19F3N2O4S. The largest absolute Gasteiger partial charge is 0.478 e. The highest BCUT2D eigenvalue weighted by Gasteiger charge is 2.34. The first-order valence-corrected chi connectivity index (χ1v) is 9.09. The number of nitrogens with one attached hydrogen (secondary N) is 1. The number of hydrogen-bond acceptors (Lipinski definition) is 4. The molecule has 2 N–H and O–H groups in total. The normalized spacial score (nSPS) is 19.3. The van der Waals surface area contributed by atoms with E-state index in [0.717, 1.165) is 6.07 Å². The number of carboxylic acids is 1. The van der Waals surface area contributed by atoms with E-state index >= 15 is 0 Å². The molecule has 0 saturated carbocycles. The van der Waals surface area contributed by atoms with Crippen molar-refractivity contribution in [3.05, 3.63) is 29.3 Å². The molecule has 0 aromatic heterocycles. The fraction of sp³-hybridized carbons (Fsp3) is 0.533. The van der Waals surface area contributed by atoms with E-state index in [-0.39, 0.29) is 36.0 Å². The summed E-state index contributed by atoms with van der Waals surface area (Å²) < 4.78 is 64.3. The fourth-order valence-electron chi connectivity index (χ4n) is 2.80. The minimum atomic E-state index is -4.28. The number of carboxylic acid groups (broad SMARTS) is 1. The highest BCUT2D eigenvalue weighted by atomic mass is 32.2. The number of likely N-dealkylation sites (tertiary alicyclic amines) is 1. The zero-order valence-corrected chi connectivity index (χ0v) is 14.3. The number of rotatable bonds is 6. The van der Waals surface area contributed by atoms with E-state index in [1.54, 1.807) is 6.92 Å². The highest BCUT2D eigenvalue weighted by molar-refractivity contribution is 7.89. The SMILES string of the molecule is Cc1ccc(C(=O)O)cc1S(=O)(=O)NCC1CCN(CC(F)(F)F)C1. The maximum atomic E-state index is 12.4. The van der Waals surface area contributed by atoms with Gasteiger partial charge in [-0.3, -0.25) is 4.90 Å². The number of aromatic carboxylic acids is 1. The van der Waals surface area contributed by atoms with Gasteiger partial charge in [-0.1, -0.05) is 6.07 Å². The van der Waals surface area contributed by atoms with Crippen LogP contribution >= 0.6 is 0 Å². The summed E-state index contributed by atoms with van der Waals surface area (Å²) in [6.45, 7) is 0.972. The zero-order chi connectivity index (χ0) is 18.8. The smallest absolute Gasteiger partial charge is 0.401 e. The molecule has 10 heteroatoms. The molecule has 6 nitrogen and oxygen atoms in total. The van der Waals surface area contributed by atoms with Crippen molar-refractivity contribution in [1.82, 2.24) is 9.62 Å². The van der Waals surface area contributed by atoms with E-state index < -0.39 is 28.7 Å². The van der Waals surface area contributed by atoms with Crippen LogP contribution in [0, 0.1) is 12.8 Å². The lowest BCUT2D eigenvalue weighted by Gasteiger charge is -2.18. The molecule has 140 valence electrons. The molecule has 1 atom stereocenters. The van der Waals surface area contributed by atoms with Crippen molar-refractivity contribution in [3.8, 4) is 0 Å². The van der Waals surface area contributed by atoms with Crippen LogP contribution in [0.4, 0.5) is 13.2 Å². The van der Waals surface area contributed by atoms with Crippen LogP contribution < -0.4 is 4.72 Å². The van der Waals surface area contributed by atoms with Crippen LogP contribution in [0.15, 0.2) is 23.1 Å². The Morgan fingerprint density at radius 1 is 1.40 bits per heavy atom. The predicted molar refractivity (Wildman–Crippen MR) is 83.9 cm³/mol. The lowest BCUT2D eigenvalue weighted by molar-refractivity contribution is -0.143. The molecular weight excluding hydrogens is 361 g/mol. The van der Waals surface area contributed by atoms with Crippen molar-refractivity contribution in [3.63, 3.8) is 0 Å². The van der Waals surface area contributed by atoms with E-state index in [9.17, 15) is 26.4 Å². The van der Waals surface area contributed by atoms with Crippen LogP contribution in [-0.2, 0) is 10.0 Å². The van der Waals surface area contributed by atoms with Gasteiger partial charge in [0, 0.05) is 13.1 Å². The Morgan fingerprint density at radius 3 is 2.68 bits per heavy atom. The van der Waals surface area contributed by atoms with Gasteiger partial charge in [0.1, 0.15) is 0 Å². The summed E-state index contributed by atoms with van der Waals surface area (Å²) in [5.41, 5.74) is 0.241. The number of sulfonamides is 1. The van der Waals surface area contributed by atoms with E-state index in [2.05, 4.69) is 4.72 Å². The summed E-state index contributed by atoms with van der Waals surface area (Å²) in [4.78, 5) is 12.1. The third kappa shape index (κ3) is 5.41. The van der Waals surface area contributed by atoms with Crippen molar-refractivity contribution < 1.29 is 31.5 Å². The number of nitrogens with zero attached hydrogens (tertiary/aromatic N) is 1. The van der Waals surface area contributed by atoms with Gasteiger partial charge in [0.15, 0.2) is 0 Å². The molecule has 1 aliphatic heterocycles. The Kier molecular flexibility index (Phi) is 5.75. The molecule has 1 saturated heterocycles. The minimum absolute atomic E-state index is 0.00737. The third-order valence-electron chi connectivity index (χ3n) is 4.06. The van der Waals surface area contributed by atoms with E-state index in [1.807, 2.05) is 0 Å². The number of benzene rings is 1. The number of aryl methyl sites for hydroxylation is 1. The first-order chi connectivity index (χ1) is 11.5. The Balaban J connectivity index is 2.01. The van der Waals surface area contributed by atoms with Gasteiger partial charge in [-0.15, -0.1) is 0 Å². The number of alkyl halides is 3. The van der Waals surface area contributed by atoms with Crippen molar-refractivity contribution in [2.75, 3.05) is 26.2 Å². The lowest BCUT2D eigenvalue weighted by Crippen LogP contribution is -2.34. The molecule has 1 aliphatic rings. The highest BCUT2D eigenvalue weighted by Crippen LogP contribution is 2.23. The summed E-state index contributed by atoms with van der Waals surface area (Å²) in [5, 5.41) is 8.98. The van der Waals surface area contributed by atoms with Gasteiger partial charge in [-0.2, -0.15) is 13.2 Å². The average molecular weight is 380 g/mol. The van der Waals surface area contributed by atoms with Crippen LogP contribution in [0.25, 0.3) is 0 Å². The molecule has 0 radical (unpaired) electrons. The fourth-order valence-corrected chi connectivity index (χ4v) is 4.19. The summed E-state index contributed by atoms with van der Waals surface area (Å²) in [7, 11) is -3.94. The molecule has 0 bridgehead atoms. The van der Waals surface area contributed by atoms with Gasteiger partial charge in [0.25, 0.3) is 0 Å². The molecule has 0 amide bonds. The van der Waals surface area contributed by atoms with Gasteiger partial charge in [0.05, 0.1) is 17.0 Å². The van der Waals surface area contributed by atoms with Crippen LogP contribution in [0.3, 0.4) is 0 Å². The van der Waals surface area contributed by atoms with Gasteiger partial charge < -0.3 is 5.11 Å². The quantitative estimate of drug-likeness (QED) is 0.787. The van der Waals surface area contributed by atoms with Crippen molar-refractivity contribution in [2.45, 2.75) is 24.4 Å². The first kappa shape index (κ1) is 19.7. The lowest BCUT2D eigenvalue weighted by atomic mass is 10.1. The van der Waals surface area contributed by atoms with Crippen molar-refractivity contribution in [2.24, 2.45) is 5.92 Å². The van der Waals surface area contributed by atoms with Gasteiger partial charge in [0.2, 0.25) is 10.0 Å². The summed E-state index contributed by atoms with van der Waals surface area (Å²) in [6, 6.07) is 3.78. The molecule has 2 rings (SSSR count). The van der Waals surface area contributed by atoms with Crippen LogP contribution in [-0.4, -0.2) is 56.7 Å². The second kappa shape index (κ2) is 7.30. The molecule has 25 heavy (non-hydrogen) atoms. The molecule has 0 aliphatic carbocycles. The standard InChI is InChI=1S/C15H19F3N2O4S/c1-10-2-3-12(14(21)22)6-13(10)25(23,24)19-7-11-4-5-20(8-11)9-15(16,17)18/h2-3,6,11,19H,4-5,7-9H2,1H3,(H,21,22). The van der Waals surface area contributed by atoms with Crippen molar-refractivity contribution in [1.29, 1.82) is 0 Å². The summed E-state index contributed by atoms with van der Waals surface area (Å²) in [6.07, 6.45) is -3.81. The molecule has 1 aromatic carbocycles. The second-order valence-corrected chi connectivity index (χ2v) is 7.88. The number of carbonyl (C=O) groups is 1. The third-order valence-corrected chi connectivity index (χ3v) is 5.63. The average Bonchev–Trinajstić information content (AvgIpc) is 2.90. The van der Waals surface area contributed by atoms with Crippen molar-refractivity contribution >= 4 is 16.0 Å². The van der Waals surface area contributed by atoms with E-state index in [0.29, 0.717) is 12.0 Å². The maximum absolute atomic E-state index is 12.4. The predicted octanol–water partition coefficient (Wildman–Crippen LogP) is 1.86. The molecule has 1 fully saturated rings. The van der Waals surface area contributed by atoms with E-state index in [4.69, 9.17) is 5.11 Å². The first-order valence-electron chi connectivity index (χ1n) is 7.60. The Morgan fingerprint density at radius 2 is 2.08 bits per heavy atom. The van der Waals surface area contributed by atoms with Gasteiger partial charge in [-0.05, 0) is 43.5 Å². The van der Waals surface area contributed by atoms with Crippen LogP contribution in [0.2, 0.25) is 0 Å². The molecule has 1 unspecified atom stereocenters. The maximum Gasteiger partial charge on any atom is 0.401 e. The molecule has 1 aromatic rings. The number of halogens is 3. The second-order valence-electron chi connectivity index (χ2n) is 6.14. The summed E-state index contributed by atoms with van der Waals surface area (Å²) >= 11 is 0. The molecule has 0 spiro atoms. The Hall–Kier alpha value is -1.65. The topological polar surface area (TPSA) is 86.7 Å². The number of hydrogen-bond donors (Lipinski definition) is 2. The van der Waals surface area contributed by atoms with Gasteiger partial charge in [-0.25, -0.2) is 17.9 Å². The minimum Gasteiger partial charge on any atom is -0.478 e. The Labute approximate surface area is 143 Å². The zero-order valence-electron chi connectivity index (χ0n) is 13.5. The van der Waals surface area contributed by atoms with Crippen LogP contribution in [0.1, 0.15) is 22.3 Å². The van der Waals surface area contributed by atoms with Crippen LogP contribution in [0.5, 0.6) is 0 Å².